The largest absolute Gasteiger partial charge is 0.357 e. The van der Waals surface area contributed by atoms with E-state index in [0.29, 0.717) is 12.4 Å². The molecule has 0 saturated carbocycles. The summed E-state index contributed by atoms with van der Waals surface area (Å²) in [6.07, 6.45) is 0.655. The molecule has 1 atom stereocenters. The van der Waals surface area contributed by atoms with Gasteiger partial charge in [-0.25, -0.2) is 13.4 Å². The maximum absolute atomic E-state index is 11.7. The van der Waals surface area contributed by atoms with Crippen LogP contribution in [0.1, 0.15) is 11.3 Å². The summed E-state index contributed by atoms with van der Waals surface area (Å²) in [6, 6.07) is 2.05. The van der Waals surface area contributed by atoms with Crippen LogP contribution in [-0.2, 0) is 9.84 Å². The molecule has 8 heteroatoms. The van der Waals surface area contributed by atoms with Crippen molar-refractivity contribution < 1.29 is 8.42 Å². The van der Waals surface area contributed by atoms with Crippen LogP contribution in [0, 0.1) is 6.92 Å². The van der Waals surface area contributed by atoms with Crippen LogP contribution >= 0.6 is 11.3 Å². The Labute approximate surface area is 128 Å². The molecule has 1 fully saturated rings. The van der Waals surface area contributed by atoms with Gasteiger partial charge in [0.15, 0.2) is 9.84 Å². The van der Waals surface area contributed by atoms with Crippen LogP contribution in [0.2, 0.25) is 0 Å². The number of aryl methyl sites for hydroxylation is 1. The summed E-state index contributed by atoms with van der Waals surface area (Å²) < 4.78 is 23.4. The van der Waals surface area contributed by atoms with Crippen LogP contribution < -0.4 is 10.2 Å². The Bertz CT molecular complexity index is 785. The lowest BCUT2D eigenvalue weighted by molar-refractivity contribution is 0.600. The first-order chi connectivity index (χ1) is 9.89. The SMILES string of the molecule is CNc1nc(N(C)C2CCS(=O)(=O)C2)c2cc(C)sc2n1. The summed E-state index contributed by atoms with van der Waals surface area (Å²) in [6.45, 7) is 2.04. The number of rotatable bonds is 3. The molecule has 0 aromatic carbocycles. The number of fused-ring (bicyclic) bond motifs is 1. The van der Waals surface area contributed by atoms with E-state index in [1.807, 2.05) is 18.9 Å². The third kappa shape index (κ3) is 2.69. The highest BCUT2D eigenvalue weighted by atomic mass is 32.2. The van der Waals surface area contributed by atoms with E-state index >= 15 is 0 Å². The van der Waals surface area contributed by atoms with Crippen molar-refractivity contribution in [2.45, 2.75) is 19.4 Å². The van der Waals surface area contributed by atoms with Gasteiger partial charge in [0.1, 0.15) is 10.6 Å². The second-order valence-electron chi connectivity index (χ2n) is 5.36. The lowest BCUT2D eigenvalue weighted by atomic mass is 10.2. The molecule has 1 aliphatic heterocycles. The van der Waals surface area contributed by atoms with Crippen molar-refractivity contribution in [2.75, 3.05) is 35.8 Å². The molecule has 0 bridgehead atoms. The summed E-state index contributed by atoms with van der Waals surface area (Å²) in [7, 11) is 0.789. The van der Waals surface area contributed by atoms with Gasteiger partial charge < -0.3 is 10.2 Å². The fraction of sp³-hybridized carbons (Fsp3) is 0.538. The monoisotopic (exact) mass is 326 g/mol. The van der Waals surface area contributed by atoms with Crippen molar-refractivity contribution in [3.63, 3.8) is 0 Å². The van der Waals surface area contributed by atoms with E-state index in [1.54, 1.807) is 18.4 Å². The van der Waals surface area contributed by atoms with Gasteiger partial charge in [0.2, 0.25) is 5.95 Å². The molecule has 0 aliphatic carbocycles. The van der Waals surface area contributed by atoms with Crippen molar-refractivity contribution >= 4 is 43.2 Å². The Morgan fingerprint density at radius 2 is 2.19 bits per heavy atom. The van der Waals surface area contributed by atoms with Gasteiger partial charge >= 0.3 is 0 Å². The minimum absolute atomic E-state index is 0.0157. The molecule has 114 valence electrons. The van der Waals surface area contributed by atoms with E-state index in [2.05, 4.69) is 21.4 Å². The smallest absolute Gasteiger partial charge is 0.225 e. The van der Waals surface area contributed by atoms with Gasteiger partial charge in [-0.05, 0) is 19.4 Å². The highest BCUT2D eigenvalue weighted by Gasteiger charge is 2.32. The van der Waals surface area contributed by atoms with Crippen LogP contribution in [0.25, 0.3) is 10.2 Å². The third-order valence-electron chi connectivity index (χ3n) is 3.81. The second kappa shape index (κ2) is 5.10. The zero-order valence-electron chi connectivity index (χ0n) is 12.3. The predicted molar refractivity (Wildman–Crippen MR) is 87.2 cm³/mol. The summed E-state index contributed by atoms with van der Waals surface area (Å²) >= 11 is 1.62. The minimum atomic E-state index is -2.91. The first kappa shape index (κ1) is 14.5. The number of hydrogen-bond donors (Lipinski definition) is 1. The van der Waals surface area contributed by atoms with Crippen LogP contribution in [0.4, 0.5) is 11.8 Å². The van der Waals surface area contributed by atoms with Gasteiger partial charge in [-0.1, -0.05) is 0 Å². The first-order valence-corrected chi connectivity index (χ1v) is 9.42. The zero-order valence-corrected chi connectivity index (χ0v) is 13.9. The van der Waals surface area contributed by atoms with Gasteiger partial charge in [-0.15, -0.1) is 11.3 Å². The Morgan fingerprint density at radius 1 is 1.43 bits per heavy atom. The molecular formula is C13H18N4O2S2. The summed E-state index contributed by atoms with van der Waals surface area (Å²) in [5, 5.41) is 3.96. The quantitative estimate of drug-likeness (QED) is 0.925. The summed E-state index contributed by atoms with van der Waals surface area (Å²) in [4.78, 5) is 13.1. The Morgan fingerprint density at radius 3 is 2.81 bits per heavy atom. The molecule has 2 aromatic rings. The topological polar surface area (TPSA) is 75.2 Å². The molecule has 3 heterocycles. The fourth-order valence-corrected chi connectivity index (χ4v) is 5.31. The van der Waals surface area contributed by atoms with Crippen LogP contribution in [-0.4, -0.2) is 50.0 Å². The number of nitrogens with zero attached hydrogens (tertiary/aromatic N) is 3. The van der Waals surface area contributed by atoms with E-state index in [9.17, 15) is 8.42 Å². The van der Waals surface area contributed by atoms with Crippen molar-refractivity contribution in [3.8, 4) is 0 Å². The molecule has 0 radical (unpaired) electrons. The molecule has 1 unspecified atom stereocenters. The predicted octanol–water partition coefficient (Wildman–Crippen LogP) is 1.66. The van der Waals surface area contributed by atoms with Crippen molar-refractivity contribution in [1.29, 1.82) is 0 Å². The van der Waals surface area contributed by atoms with Crippen LogP contribution in [0.3, 0.4) is 0 Å². The standard InChI is InChI=1S/C13H18N4O2S2/c1-8-6-10-11(15-13(14-2)16-12(10)20-8)17(3)9-4-5-21(18,19)7-9/h6,9H,4-5,7H2,1-3H3,(H,14,15,16). The van der Waals surface area contributed by atoms with Gasteiger partial charge in [-0.3, -0.25) is 0 Å². The van der Waals surface area contributed by atoms with Crippen LogP contribution in [0.5, 0.6) is 0 Å². The first-order valence-electron chi connectivity index (χ1n) is 6.79. The van der Waals surface area contributed by atoms with E-state index < -0.39 is 9.84 Å². The van der Waals surface area contributed by atoms with Crippen molar-refractivity contribution in [2.24, 2.45) is 0 Å². The molecule has 1 N–H and O–H groups in total. The van der Waals surface area contributed by atoms with E-state index in [4.69, 9.17) is 0 Å². The number of aromatic nitrogens is 2. The average molecular weight is 326 g/mol. The molecule has 1 aliphatic rings. The maximum atomic E-state index is 11.7. The fourth-order valence-electron chi connectivity index (χ4n) is 2.66. The maximum Gasteiger partial charge on any atom is 0.225 e. The number of nitrogens with one attached hydrogen (secondary N) is 1. The molecule has 6 nitrogen and oxygen atoms in total. The minimum Gasteiger partial charge on any atom is -0.357 e. The molecule has 21 heavy (non-hydrogen) atoms. The third-order valence-corrected chi connectivity index (χ3v) is 6.50. The normalized spacial score (nSPS) is 20.8. The lowest BCUT2D eigenvalue weighted by Gasteiger charge is -2.25. The second-order valence-corrected chi connectivity index (χ2v) is 8.83. The number of anilines is 2. The summed E-state index contributed by atoms with van der Waals surface area (Å²) in [5.41, 5.74) is 0. The Kier molecular flexibility index (Phi) is 3.53. The molecular weight excluding hydrogens is 308 g/mol. The molecule has 3 rings (SSSR count). The highest BCUT2D eigenvalue weighted by Crippen LogP contribution is 2.33. The van der Waals surface area contributed by atoms with E-state index in [-0.39, 0.29) is 17.5 Å². The van der Waals surface area contributed by atoms with Crippen molar-refractivity contribution in [1.82, 2.24) is 9.97 Å². The van der Waals surface area contributed by atoms with Gasteiger partial charge in [-0.2, -0.15) is 4.98 Å². The molecule has 0 amide bonds. The average Bonchev–Trinajstić information content (AvgIpc) is 2.98. The van der Waals surface area contributed by atoms with Gasteiger partial charge in [0.05, 0.1) is 16.9 Å². The number of hydrogen-bond acceptors (Lipinski definition) is 7. The molecule has 1 saturated heterocycles. The number of thiophene rings is 1. The Balaban J connectivity index is 2.06. The molecule has 2 aromatic heterocycles. The van der Waals surface area contributed by atoms with E-state index in [1.165, 1.54) is 4.88 Å². The summed E-state index contributed by atoms with van der Waals surface area (Å²) in [5.74, 6) is 1.83. The highest BCUT2D eigenvalue weighted by molar-refractivity contribution is 7.91. The Hall–Kier alpha value is -1.41. The number of sulfone groups is 1. The van der Waals surface area contributed by atoms with E-state index in [0.717, 1.165) is 16.0 Å². The van der Waals surface area contributed by atoms with Crippen molar-refractivity contribution in [3.05, 3.63) is 10.9 Å². The lowest BCUT2D eigenvalue weighted by Crippen LogP contribution is -2.33. The zero-order chi connectivity index (χ0) is 15.2. The van der Waals surface area contributed by atoms with Crippen LogP contribution in [0.15, 0.2) is 6.07 Å². The molecule has 0 spiro atoms. The van der Waals surface area contributed by atoms with Gasteiger partial charge in [0, 0.05) is 25.0 Å². The van der Waals surface area contributed by atoms with Gasteiger partial charge in [0.25, 0.3) is 0 Å².